The third-order valence-corrected chi connectivity index (χ3v) is 9.68. The number of carbonyl (C=O) groups is 4. The van der Waals surface area contributed by atoms with E-state index < -0.39 is 54.3 Å². The molecule has 1 saturated carbocycles. The molecule has 7 N–H and O–H groups in total. The van der Waals surface area contributed by atoms with Crippen LogP contribution >= 0.6 is 0 Å². The number of rotatable bonds is 16. The number of aliphatic hydroxyl groups excluding tert-OH is 2. The molecule has 2 aliphatic rings. The Hall–Kier alpha value is -4.07. The molecule has 13 heteroatoms. The van der Waals surface area contributed by atoms with Crippen LogP contribution in [0, 0.1) is 5.92 Å². The number of aliphatic carboxylic acids is 1. The molecular weight excluding hydrogens is 666 g/mol. The van der Waals surface area contributed by atoms with Gasteiger partial charge in [0, 0.05) is 44.4 Å². The molecule has 2 heterocycles. The number of hydrogen-bond acceptors (Lipinski definition) is 9. The minimum absolute atomic E-state index is 0.0354. The van der Waals surface area contributed by atoms with Gasteiger partial charge in [-0.1, -0.05) is 81.8 Å². The van der Waals surface area contributed by atoms with Crippen molar-refractivity contribution < 1.29 is 39.2 Å². The molecule has 3 amide bonds. The van der Waals surface area contributed by atoms with E-state index in [4.69, 9.17) is 20.4 Å². The fraction of sp³-hybridized carbons (Fsp3) is 0.615. The Morgan fingerprint density at radius 3 is 2.19 bits per heavy atom. The molecule has 2 fully saturated rings. The first-order valence-corrected chi connectivity index (χ1v) is 18.8. The lowest BCUT2D eigenvalue weighted by molar-refractivity contribution is -0.135. The van der Waals surface area contributed by atoms with Crippen molar-refractivity contribution in [1.82, 2.24) is 20.5 Å². The van der Waals surface area contributed by atoms with Gasteiger partial charge in [0.1, 0.15) is 12.1 Å². The molecular formula is C39H59N5O8. The maximum atomic E-state index is 13.9. The number of nitrogens with two attached hydrogens (primary N) is 1. The predicted molar refractivity (Wildman–Crippen MR) is 197 cm³/mol. The van der Waals surface area contributed by atoms with Crippen LogP contribution in [0.2, 0.25) is 0 Å². The van der Waals surface area contributed by atoms with E-state index in [1.807, 2.05) is 55.5 Å². The van der Waals surface area contributed by atoms with Gasteiger partial charge in [-0.05, 0) is 62.1 Å². The van der Waals surface area contributed by atoms with Crippen molar-refractivity contribution >= 4 is 23.9 Å². The zero-order valence-electron chi connectivity index (χ0n) is 30.7. The summed E-state index contributed by atoms with van der Waals surface area (Å²) in [5, 5.41) is 35.7. The number of likely N-dealkylation sites (tertiary alicyclic amines) is 1. The van der Waals surface area contributed by atoms with E-state index in [9.17, 15) is 24.6 Å². The number of carbonyl (C=O) groups excluding carboxylic acids is 3. The smallest absolute Gasteiger partial charge is 0.410 e. The summed E-state index contributed by atoms with van der Waals surface area (Å²) >= 11 is 0. The topological polar surface area (TPSA) is 204 Å². The zero-order valence-corrected chi connectivity index (χ0v) is 30.7. The van der Waals surface area contributed by atoms with Gasteiger partial charge < -0.3 is 41.3 Å². The van der Waals surface area contributed by atoms with E-state index in [-0.39, 0.29) is 12.5 Å². The Morgan fingerprint density at radius 2 is 1.58 bits per heavy atom. The summed E-state index contributed by atoms with van der Waals surface area (Å²) in [7, 11) is 0. The van der Waals surface area contributed by atoms with Crippen molar-refractivity contribution in [2.75, 3.05) is 13.1 Å². The van der Waals surface area contributed by atoms with E-state index >= 15 is 0 Å². The molecule has 1 aliphatic heterocycles. The van der Waals surface area contributed by atoms with Gasteiger partial charge in [-0.3, -0.25) is 19.4 Å². The van der Waals surface area contributed by atoms with Crippen molar-refractivity contribution in [3.8, 4) is 0 Å². The lowest BCUT2D eigenvalue weighted by atomic mass is 9.82. The van der Waals surface area contributed by atoms with Crippen LogP contribution in [0.3, 0.4) is 0 Å². The number of piperidine rings is 1. The van der Waals surface area contributed by atoms with Crippen LogP contribution in [-0.2, 0) is 32.0 Å². The summed E-state index contributed by atoms with van der Waals surface area (Å²) < 4.78 is 5.79. The average molecular weight is 726 g/mol. The van der Waals surface area contributed by atoms with Crippen molar-refractivity contribution in [3.63, 3.8) is 0 Å². The van der Waals surface area contributed by atoms with Crippen LogP contribution in [0.4, 0.5) is 4.79 Å². The van der Waals surface area contributed by atoms with Crippen LogP contribution in [0.1, 0.15) is 95.7 Å². The predicted octanol–water partition coefficient (Wildman–Crippen LogP) is 3.74. The maximum absolute atomic E-state index is 13.9. The molecule has 0 unspecified atom stereocenters. The van der Waals surface area contributed by atoms with Gasteiger partial charge >= 0.3 is 6.09 Å². The Bertz CT molecular complexity index is 1350. The van der Waals surface area contributed by atoms with E-state index in [1.165, 1.54) is 6.42 Å². The molecule has 288 valence electrons. The van der Waals surface area contributed by atoms with Gasteiger partial charge in [-0.15, -0.1) is 0 Å². The summed E-state index contributed by atoms with van der Waals surface area (Å²) in [6.45, 7) is 3.92. The zero-order chi connectivity index (χ0) is 37.9. The molecule has 0 radical (unpaired) electrons. The van der Waals surface area contributed by atoms with E-state index in [1.54, 1.807) is 11.1 Å². The lowest BCUT2D eigenvalue weighted by Crippen LogP contribution is -2.56. The Balaban J connectivity index is 0.00000173. The van der Waals surface area contributed by atoms with E-state index in [2.05, 4.69) is 15.6 Å². The van der Waals surface area contributed by atoms with Gasteiger partial charge in [0.15, 0.2) is 6.10 Å². The number of benzene rings is 1. The highest BCUT2D eigenvalue weighted by molar-refractivity contribution is 5.90. The van der Waals surface area contributed by atoms with Crippen LogP contribution in [0.15, 0.2) is 54.7 Å². The highest BCUT2D eigenvalue weighted by atomic mass is 16.6. The minimum atomic E-state index is -1.19. The van der Waals surface area contributed by atoms with Crippen molar-refractivity contribution in [2.24, 2.45) is 11.7 Å². The second-order valence-corrected chi connectivity index (χ2v) is 14.0. The summed E-state index contributed by atoms with van der Waals surface area (Å²) in [5.74, 6) is -1.51. The molecule has 1 aliphatic carbocycles. The third kappa shape index (κ3) is 15.3. The van der Waals surface area contributed by atoms with Gasteiger partial charge in [-0.25, -0.2) is 4.79 Å². The van der Waals surface area contributed by atoms with E-state index in [0.29, 0.717) is 64.0 Å². The van der Waals surface area contributed by atoms with Crippen molar-refractivity contribution in [3.05, 3.63) is 66.0 Å². The monoisotopic (exact) mass is 725 g/mol. The average Bonchev–Trinajstić information content (AvgIpc) is 3.14. The minimum Gasteiger partial charge on any atom is -0.481 e. The number of carboxylic acid groups (broad SMARTS) is 1. The molecule has 13 nitrogen and oxygen atoms in total. The Labute approximate surface area is 307 Å². The number of aryl methyl sites for hydroxylation is 1. The first-order chi connectivity index (χ1) is 25.0. The number of aromatic nitrogens is 1. The Kier molecular flexibility index (Phi) is 18.5. The highest BCUT2D eigenvalue weighted by Gasteiger charge is 2.35. The standard InChI is InChI=1S/C37H55N5O6.C2H4O2/c1-2-11-30(40-36(46)33(25-27-14-7-4-8-15-27)48-37(47)42-22-19-28(38)20-23-42)35(45)41-31(24-26-12-5-3-6-13-26)34(44)32(43)18-17-29-16-9-10-21-39-29;1-2(3)4/h4,7-10,14-16,21,26,28,30-34,43-44H,2-3,5-6,11-13,17-20,22-25,38H2,1H3,(H,40,46)(H,41,45);1H3,(H,3,4)/t30-,31-,32-,33-,34+;/m0./s1. The lowest BCUT2D eigenvalue weighted by Gasteiger charge is -2.33. The number of amides is 3. The number of aliphatic hydroxyl groups is 2. The fourth-order valence-corrected chi connectivity index (χ4v) is 6.75. The largest absolute Gasteiger partial charge is 0.481 e. The van der Waals surface area contributed by atoms with Crippen LogP contribution in [-0.4, -0.2) is 98.6 Å². The van der Waals surface area contributed by atoms with Gasteiger partial charge in [0.05, 0.1) is 12.1 Å². The Morgan fingerprint density at radius 1 is 0.923 bits per heavy atom. The number of carboxylic acids is 1. The maximum Gasteiger partial charge on any atom is 0.410 e. The number of pyridine rings is 1. The highest BCUT2D eigenvalue weighted by Crippen LogP contribution is 2.29. The molecule has 0 spiro atoms. The van der Waals surface area contributed by atoms with Crippen molar-refractivity contribution in [2.45, 2.75) is 134 Å². The second kappa shape index (κ2) is 22.8. The fourth-order valence-electron chi connectivity index (χ4n) is 6.75. The summed E-state index contributed by atoms with van der Waals surface area (Å²) in [6.07, 6.45) is 6.84. The first-order valence-electron chi connectivity index (χ1n) is 18.8. The molecule has 5 atom stereocenters. The summed E-state index contributed by atoms with van der Waals surface area (Å²) in [4.78, 5) is 55.6. The molecule has 0 bridgehead atoms. The van der Waals surface area contributed by atoms with Gasteiger partial charge in [0.2, 0.25) is 5.91 Å². The molecule has 52 heavy (non-hydrogen) atoms. The van der Waals surface area contributed by atoms with Crippen molar-refractivity contribution in [1.29, 1.82) is 0 Å². The van der Waals surface area contributed by atoms with Gasteiger partial charge in [-0.2, -0.15) is 0 Å². The van der Waals surface area contributed by atoms with Crippen LogP contribution < -0.4 is 16.4 Å². The molecule has 1 aromatic heterocycles. The number of ether oxygens (including phenoxy) is 1. The number of nitrogens with zero attached hydrogens (tertiary/aromatic N) is 2. The number of hydrogen-bond donors (Lipinski definition) is 6. The number of nitrogens with one attached hydrogen (secondary N) is 2. The first kappa shape index (κ1) is 42.3. The second-order valence-electron chi connectivity index (χ2n) is 14.0. The SMILES string of the molecule is CC(=O)O.CCC[C@H](NC(=O)[C@H](Cc1ccccc1)OC(=O)N1CCC(N)CC1)C(=O)N[C@@H](CC1CCCCC1)[C@@H](O)[C@@H](O)CCc1ccccn1. The van der Waals surface area contributed by atoms with Crippen LogP contribution in [0.5, 0.6) is 0 Å². The normalized spacial score (nSPS) is 18.1. The molecule has 1 aromatic carbocycles. The quantitative estimate of drug-likeness (QED) is 0.148. The third-order valence-electron chi connectivity index (χ3n) is 9.68. The van der Waals surface area contributed by atoms with E-state index in [0.717, 1.165) is 43.9 Å². The molecule has 2 aromatic rings. The summed E-state index contributed by atoms with van der Waals surface area (Å²) in [6, 6.07) is 13.3. The van der Waals surface area contributed by atoms with Crippen LogP contribution in [0.25, 0.3) is 0 Å². The molecule has 4 rings (SSSR count). The van der Waals surface area contributed by atoms with Gasteiger partial charge in [0.25, 0.3) is 11.9 Å². The molecule has 1 saturated heterocycles. The summed E-state index contributed by atoms with van der Waals surface area (Å²) in [5.41, 5.74) is 7.64.